The van der Waals surface area contributed by atoms with Crippen LogP contribution in [0.2, 0.25) is 0 Å². The highest BCUT2D eigenvalue weighted by Crippen LogP contribution is 2.09. The number of aryl methyl sites for hydroxylation is 1. The van der Waals surface area contributed by atoms with Gasteiger partial charge in [0.15, 0.2) is 0 Å². The van der Waals surface area contributed by atoms with Crippen LogP contribution in [0.5, 0.6) is 0 Å². The Morgan fingerprint density at radius 3 is 2.71 bits per heavy atom. The van der Waals surface area contributed by atoms with Crippen LogP contribution >= 0.6 is 0 Å². The maximum Gasteiger partial charge on any atom is 0.256 e. The van der Waals surface area contributed by atoms with E-state index in [9.17, 15) is 9.90 Å². The van der Waals surface area contributed by atoms with Crippen molar-refractivity contribution in [1.29, 1.82) is 0 Å². The zero-order valence-corrected chi connectivity index (χ0v) is 8.53. The molecule has 0 atom stereocenters. The molecule has 0 aromatic carbocycles. The Hall–Kier alpha value is -1.42. The van der Waals surface area contributed by atoms with Gasteiger partial charge in [0.1, 0.15) is 11.4 Å². The minimum atomic E-state index is -1.38. The molecule has 0 spiro atoms. The maximum absolute atomic E-state index is 11.3. The van der Waals surface area contributed by atoms with Gasteiger partial charge >= 0.3 is 0 Å². The lowest BCUT2D eigenvalue weighted by atomic mass is 10.1. The van der Waals surface area contributed by atoms with E-state index in [1.165, 1.54) is 13.8 Å². The van der Waals surface area contributed by atoms with Gasteiger partial charge in [-0.3, -0.25) is 4.79 Å². The summed E-state index contributed by atoms with van der Waals surface area (Å²) < 4.78 is 0. The third-order valence-corrected chi connectivity index (χ3v) is 1.71. The van der Waals surface area contributed by atoms with E-state index in [1.54, 1.807) is 12.3 Å². The smallest absolute Gasteiger partial charge is 0.256 e. The second kappa shape index (κ2) is 3.75. The van der Waals surface area contributed by atoms with Gasteiger partial charge in [0.25, 0.3) is 5.91 Å². The predicted molar refractivity (Wildman–Crippen MR) is 53.9 cm³/mol. The number of rotatable bonds is 2. The van der Waals surface area contributed by atoms with Gasteiger partial charge in [-0.1, -0.05) is 0 Å². The summed E-state index contributed by atoms with van der Waals surface area (Å²) in [5, 5.41) is 11.9. The number of nitrogens with zero attached hydrogens (tertiary/aromatic N) is 1. The molecule has 76 valence electrons. The lowest BCUT2D eigenvalue weighted by molar-refractivity contribution is -0.130. The number of aliphatic hydroxyl groups is 1. The van der Waals surface area contributed by atoms with Crippen molar-refractivity contribution >= 4 is 11.7 Å². The fourth-order valence-corrected chi connectivity index (χ4v) is 0.874. The van der Waals surface area contributed by atoms with E-state index in [4.69, 9.17) is 0 Å². The largest absolute Gasteiger partial charge is 0.381 e. The van der Waals surface area contributed by atoms with Gasteiger partial charge in [-0.25, -0.2) is 4.98 Å². The number of carbonyl (C=O) groups is 1. The number of carbonyl (C=O) groups excluding carboxylic acids is 1. The summed E-state index contributed by atoms with van der Waals surface area (Å²) in [7, 11) is 0. The van der Waals surface area contributed by atoms with Crippen LogP contribution in [-0.4, -0.2) is 21.6 Å². The molecule has 2 N–H and O–H groups in total. The van der Waals surface area contributed by atoms with E-state index in [1.807, 2.05) is 13.0 Å². The van der Waals surface area contributed by atoms with Crippen molar-refractivity contribution in [3.63, 3.8) is 0 Å². The molecule has 0 saturated heterocycles. The fourth-order valence-electron chi connectivity index (χ4n) is 0.874. The molecular weight excluding hydrogens is 180 g/mol. The van der Waals surface area contributed by atoms with E-state index in [-0.39, 0.29) is 0 Å². The molecule has 1 aromatic rings. The molecule has 0 aliphatic heterocycles. The number of hydrogen-bond donors (Lipinski definition) is 2. The molecule has 4 nitrogen and oxygen atoms in total. The second-order valence-electron chi connectivity index (χ2n) is 3.73. The van der Waals surface area contributed by atoms with Crippen LogP contribution in [0, 0.1) is 6.92 Å². The van der Waals surface area contributed by atoms with Crippen LogP contribution in [0.1, 0.15) is 19.4 Å². The Labute approximate surface area is 83.0 Å². The van der Waals surface area contributed by atoms with Gasteiger partial charge in [-0.15, -0.1) is 0 Å². The molecule has 0 saturated carbocycles. The number of hydrogen-bond acceptors (Lipinski definition) is 3. The summed E-state index contributed by atoms with van der Waals surface area (Å²) >= 11 is 0. The summed E-state index contributed by atoms with van der Waals surface area (Å²) in [6, 6.07) is 3.57. The van der Waals surface area contributed by atoms with E-state index in [2.05, 4.69) is 10.3 Å². The minimum Gasteiger partial charge on any atom is -0.381 e. The average Bonchev–Trinajstić information content (AvgIpc) is 2.02. The molecule has 0 aliphatic carbocycles. The van der Waals surface area contributed by atoms with Gasteiger partial charge in [-0.05, 0) is 38.5 Å². The first kappa shape index (κ1) is 10.7. The Balaban J connectivity index is 2.75. The van der Waals surface area contributed by atoms with Crippen molar-refractivity contribution < 1.29 is 9.90 Å². The predicted octanol–water partition coefficient (Wildman–Crippen LogP) is 1.10. The minimum absolute atomic E-state index is 0.456. The van der Waals surface area contributed by atoms with Gasteiger partial charge in [0.05, 0.1) is 0 Å². The summed E-state index contributed by atoms with van der Waals surface area (Å²) in [5.41, 5.74) is -0.378. The van der Waals surface area contributed by atoms with E-state index in [0.29, 0.717) is 5.82 Å². The first-order valence-corrected chi connectivity index (χ1v) is 4.36. The van der Waals surface area contributed by atoms with Gasteiger partial charge in [0, 0.05) is 6.20 Å². The SMILES string of the molecule is Cc1ccnc(NC(=O)C(C)(C)O)c1. The zero-order valence-electron chi connectivity index (χ0n) is 8.53. The van der Waals surface area contributed by atoms with Crippen molar-refractivity contribution in [2.45, 2.75) is 26.4 Å². The molecule has 1 heterocycles. The zero-order chi connectivity index (χ0) is 10.8. The molecule has 0 unspecified atom stereocenters. The number of anilines is 1. The monoisotopic (exact) mass is 194 g/mol. The normalized spacial score (nSPS) is 11.1. The molecule has 0 radical (unpaired) electrons. The third kappa shape index (κ3) is 2.81. The molecule has 0 aliphatic rings. The summed E-state index contributed by atoms with van der Waals surface area (Å²) in [6.07, 6.45) is 1.61. The molecule has 4 heteroatoms. The highest BCUT2D eigenvalue weighted by Gasteiger charge is 2.23. The van der Waals surface area contributed by atoms with Gasteiger partial charge in [-0.2, -0.15) is 0 Å². The second-order valence-corrected chi connectivity index (χ2v) is 3.73. The molecular formula is C10H14N2O2. The van der Waals surface area contributed by atoms with E-state index >= 15 is 0 Å². The van der Waals surface area contributed by atoms with Crippen molar-refractivity contribution in [1.82, 2.24) is 4.98 Å². The quantitative estimate of drug-likeness (QED) is 0.741. The molecule has 0 fully saturated rings. The lowest BCUT2D eigenvalue weighted by Gasteiger charge is -2.16. The Kier molecular flexibility index (Phi) is 2.86. The summed E-state index contributed by atoms with van der Waals surface area (Å²) in [6.45, 7) is 4.76. The van der Waals surface area contributed by atoms with E-state index in [0.717, 1.165) is 5.56 Å². The lowest BCUT2D eigenvalue weighted by Crippen LogP contribution is -2.36. The van der Waals surface area contributed by atoms with Crippen LogP contribution in [0.25, 0.3) is 0 Å². The Morgan fingerprint density at radius 2 is 2.21 bits per heavy atom. The van der Waals surface area contributed by atoms with E-state index < -0.39 is 11.5 Å². The molecule has 0 bridgehead atoms. The molecule has 1 rings (SSSR count). The average molecular weight is 194 g/mol. The van der Waals surface area contributed by atoms with Crippen LogP contribution in [0.4, 0.5) is 5.82 Å². The fraction of sp³-hybridized carbons (Fsp3) is 0.400. The number of amides is 1. The highest BCUT2D eigenvalue weighted by molar-refractivity contribution is 5.95. The van der Waals surface area contributed by atoms with Crippen LogP contribution < -0.4 is 5.32 Å². The van der Waals surface area contributed by atoms with Crippen LogP contribution in [-0.2, 0) is 4.79 Å². The third-order valence-electron chi connectivity index (χ3n) is 1.71. The number of aromatic nitrogens is 1. The van der Waals surface area contributed by atoms with Crippen LogP contribution in [0.15, 0.2) is 18.3 Å². The van der Waals surface area contributed by atoms with Crippen molar-refractivity contribution in [2.75, 3.05) is 5.32 Å². The first-order chi connectivity index (χ1) is 6.39. The maximum atomic E-state index is 11.3. The molecule has 14 heavy (non-hydrogen) atoms. The topological polar surface area (TPSA) is 62.2 Å². The standard InChI is InChI=1S/C10H14N2O2/c1-7-4-5-11-8(6-7)12-9(13)10(2,3)14/h4-6,14H,1-3H3,(H,11,12,13). The number of pyridine rings is 1. The van der Waals surface area contributed by atoms with Crippen molar-refractivity contribution in [2.24, 2.45) is 0 Å². The number of nitrogens with one attached hydrogen (secondary N) is 1. The Bertz CT molecular complexity index is 342. The Morgan fingerprint density at radius 1 is 1.57 bits per heavy atom. The van der Waals surface area contributed by atoms with Gasteiger partial charge < -0.3 is 10.4 Å². The van der Waals surface area contributed by atoms with Crippen LogP contribution in [0.3, 0.4) is 0 Å². The summed E-state index contributed by atoms with van der Waals surface area (Å²) in [4.78, 5) is 15.3. The molecule has 1 aromatic heterocycles. The van der Waals surface area contributed by atoms with Crippen molar-refractivity contribution in [3.05, 3.63) is 23.9 Å². The molecule has 1 amide bonds. The van der Waals surface area contributed by atoms with Crippen molar-refractivity contribution in [3.8, 4) is 0 Å². The first-order valence-electron chi connectivity index (χ1n) is 4.36. The highest BCUT2D eigenvalue weighted by atomic mass is 16.3. The summed E-state index contributed by atoms with van der Waals surface area (Å²) in [5.74, 6) is -0.00674. The van der Waals surface area contributed by atoms with Gasteiger partial charge in [0.2, 0.25) is 0 Å².